The van der Waals surface area contributed by atoms with Gasteiger partial charge in [-0.05, 0) is 31.7 Å². The quantitative estimate of drug-likeness (QED) is 0.792. The molecule has 1 atom stereocenters. The highest BCUT2D eigenvalue weighted by Gasteiger charge is 2.46. The molecule has 140 valence electrons. The Labute approximate surface area is 150 Å². The fourth-order valence-corrected chi connectivity index (χ4v) is 4.32. The Kier molecular flexibility index (Phi) is 5.68. The van der Waals surface area contributed by atoms with Crippen LogP contribution in [0.4, 0.5) is 0 Å². The Balaban J connectivity index is 1.44. The molecule has 25 heavy (non-hydrogen) atoms. The van der Waals surface area contributed by atoms with E-state index in [9.17, 15) is 8.42 Å². The van der Waals surface area contributed by atoms with E-state index in [1.54, 1.807) is 14.0 Å². The summed E-state index contributed by atoms with van der Waals surface area (Å²) in [6.45, 7) is 5.50. The number of sulfonamides is 1. The summed E-state index contributed by atoms with van der Waals surface area (Å²) in [5, 5.41) is 0. The van der Waals surface area contributed by atoms with E-state index in [1.807, 2.05) is 18.2 Å². The fraction of sp³-hybridized carbons (Fsp3) is 0.667. The number of nitrogens with one attached hydrogen (secondary N) is 1. The molecule has 0 unspecified atom stereocenters. The summed E-state index contributed by atoms with van der Waals surface area (Å²) in [6.07, 6.45) is 2.00. The van der Waals surface area contributed by atoms with E-state index in [2.05, 4.69) is 15.7 Å². The topological polar surface area (TPSA) is 67.9 Å². The van der Waals surface area contributed by atoms with Crippen molar-refractivity contribution in [2.75, 3.05) is 39.1 Å². The highest BCUT2D eigenvalue weighted by Crippen LogP contribution is 2.37. The Bertz CT molecular complexity index is 676. The molecule has 2 heterocycles. The van der Waals surface area contributed by atoms with Crippen LogP contribution in [0.2, 0.25) is 0 Å². The first-order valence-corrected chi connectivity index (χ1v) is 10.6. The standard InChI is InChI=1S/C18H28N2O4S/c1-3-25(21,22)19-10-15-8-9-18(24-12-15)13-20(14-18)11-16-6-4-5-7-17(16)23-2/h4-7,15,19H,3,8-14H2,1-2H3/t15-/m0/s1. The minimum Gasteiger partial charge on any atom is -0.496 e. The molecule has 0 aliphatic carbocycles. The van der Waals surface area contributed by atoms with Crippen LogP contribution in [0, 0.1) is 5.92 Å². The Hall–Kier alpha value is -1.15. The predicted molar refractivity (Wildman–Crippen MR) is 97.1 cm³/mol. The van der Waals surface area contributed by atoms with Crippen LogP contribution in [0.1, 0.15) is 25.3 Å². The molecule has 1 spiro atoms. The second-order valence-electron chi connectivity index (χ2n) is 7.11. The van der Waals surface area contributed by atoms with Gasteiger partial charge in [0.25, 0.3) is 0 Å². The summed E-state index contributed by atoms with van der Waals surface area (Å²) >= 11 is 0. The van der Waals surface area contributed by atoms with Gasteiger partial charge in [-0.2, -0.15) is 0 Å². The zero-order valence-corrected chi connectivity index (χ0v) is 15.8. The summed E-state index contributed by atoms with van der Waals surface area (Å²) in [7, 11) is -1.41. The Morgan fingerprint density at radius 3 is 2.76 bits per heavy atom. The molecule has 0 amide bonds. The van der Waals surface area contributed by atoms with Crippen molar-refractivity contribution in [3.8, 4) is 5.75 Å². The minimum atomic E-state index is -3.11. The van der Waals surface area contributed by atoms with Gasteiger partial charge in [-0.1, -0.05) is 18.2 Å². The first kappa shape index (κ1) is 18.6. The van der Waals surface area contributed by atoms with Gasteiger partial charge in [0.15, 0.2) is 0 Å². The van der Waals surface area contributed by atoms with Crippen LogP contribution in [0.25, 0.3) is 0 Å². The van der Waals surface area contributed by atoms with Crippen LogP contribution in [-0.2, 0) is 21.3 Å². The molecular weight excluding hydrogens is 340 g/mol. The lowest BCUT2D eigenvalue weighted by Crippen LogP contribution is -2.64. The second-order valence-corrected chi connectivity index (χ2v) is 9.20. The summed E-state index contributed by atoms with van der Waals surface area (Å²) < 4.78 is 37.3. The van der Waals surface area contributed by atoms with E-state index >= 15 is 0 Å². The van der Waals surface area contributed by atoms with Crippen molar-refractivity contribution in [2.45, 2.75) is 31.9 Å². The van der Waals surface area contributed by atoms with Gasteiger partial charge >= 0.3 is 0 Å². The molecule has 2 aliphatic rings. The number of nitrogens with zero attached hydrogens (tertiary/aromatic N) is 1. The maximum Gasteiger partial charge on any atom is 0.211 e. The molecule has 1 aromatic carbocycles. The molecule has 6 nitrogen and oxygen atoms in total. The summed E-state index contributed by atoms with van der Waals surface area (Å²) in [5.41, 5.74) is 1.16. The van der Waals surface area contributed by atoms with Crippen molar-refractivity contribution in [3.05, 3.63) is 29.8 Å². The summed E-state index contributed by atoms with van der Waals surface area (Å²) in [6, 6.07) is 8.11. The van der Waals surface area contributed by atoms with E-state index in [4.69, 9.17) is 9.47 Å². The van der Waals surface area contributed by atoms with Crippen LogP contribution in [0.3, 0.4) is 0 Å². The van der Waals surface area contributed by atoms with Gasteiger partial charge in [0, 0.05) is 31.7 Å². The van der Waals surface area contributed by atoms with E-state index in [0.717, 1.165) is 38.2 Å². The normalized spacial score (nSPS) is 23.4. The average molecular weight is 368 g/mol. The van der Waals surface area contributed by atoms with Crippen molar-refractivity contribution < 1.29 is 17.9 Å². The van der Waals surface area contributed by atoms with Crippen molar-refractivity contribution in [3.63, 3.8) is 0 Å². The van der Waals surface area contributed by atoms with Crippen LogP contribution in [0.5, 0.6) is 5.75 Å². The number of benzene rings is 1. The molecule has 0 saturated carbocycles. The molecule has 0 bridgehead atoms. The molecular formula is C18H28N2O4S. The third kappa shape index (κ3) is 4.53. The number of likely N-dealkylation sites (tertiary alicyclic amines) is 1. The first-order valence-electron chi connectivity index (χ1n) is 8.91. The van der Waals surface area contributed by atoms with Crippen molar-refractivity contribution in [1.82, 2.24) is 9.62 Å². The molecule has 7 heteroatoms. The van der Waals surface area contributed by atoms with E-state index in [1.165, 1.54) is 5.56 Å². The number of ether oxygens (including phenoxy) is 2. The summed E-state index contributed by atoms with van der Waals surface area (Å²) in [5.74, 6) is 1.33. The molecule has 1 N–H and O–H groups in total. The van der Waals surface area contributed by atoms with Gasteiger partial charge in [-0.25, -0.2) is 13.1 Å². The van der Waals surface area contributed by atoms with Gasteiger partial charge in [-0.15, -0.1) is 0 Å². The first-order chi connectivity index (χ1) is 12.0. The predicted octanol–water partition coefficient (Wildman–Crippen LogP) is 1.62. The van der Waals surface area contributed by atoms with Gasteiger partial charge in [-0.3, -0.25) is 4.90 Å². The summed E-state index contributed by atoms with van der Waals surface area (Å²) in [4.78, 5) is 2.37. The number of hydrogen-bond acceptors (Lipinski definition) is 5. The fourth-order valence-electron chi connectivity index (χ4n) is 3.63. The maximum absolute atomic E-state index is 11.5. The van der Waals surface area contributed by atoms with Gasteiger partial charge < -0.3 is 9.47 Å². The maximum atomic E-state index is 11.5. The zero-order chi connectivity index (χ0) is 17.9. The largest absolute Gasteiger partial charge is 0.496 e. The lowest BCUT2D eigenvalue weighted by molar-refractivity contribution is -0.181. The lowest BCUT2D eigenvalue weighted by Gasteiger charge is -2.53. The Morgan fingerprint density at radius 1 is 1.36 bits per heavy atom. The van der Waals surface area contributed by atoms with Crippen LogP contribution < -0.4 is 9.46 Å². The molecule has 2 saturated heterocycles. The van der Waals surface area contributed by atoms with E-state index in [-0.39, 0.29) is 17.3 Å². The number of rotatable bonds is 7. The van der Waals surface area contributed by atoms with Crippen LogP contribution >= 0.6 is 0 Å². The second kappa shape index (κ2) is 7.61. The molecule has 1 aromatic rings. The van der Waals surface area contributed by atoms with Crippen molar-refractivity contribution >= 4 is 10.0 Å². The average Bonchev–Trinajstić information content (AvgIpc) is 2.60. The zero-order valence-electron chi connectivity index (χ0n) is 15.0. The van der Waals surface area contributed by atoms with Crippen molar-refractivity contribution in [2.24, 2.45) is 5.92 Å². The lowest BCUT2D eigenvalue weighted by atomic mass is 9.83. The SMILES string of the molecule is CCS(=O)(=O)NC[C@@H]1CCC2(CN(Cc3ccccc3OC)C2)OC1. The molecule has 3 rings (SSSR count). The van der Waals surface area contributed by atoms with Gasteiger partial charge in [0.1, 0.15) is 5.75 Å². The van der Waals surface area contributed by atoms with Crippen molar-refractivity contribution in [1.29, 1.82) is 0 Å². The molecule has 2 fully saturated rings. The number of methoxy groups -OCH3 is 1. The third-order valence-corrected chi connectivity index (χ3v) is 6.58. The smallest absolute Gasteiger partial charge is 0.211 e. The molecule has 0 radical (unpaired) electrons. The highest BCUT2D eigenvalue weighted by atomic mass is 32.2. The van der Waals surface area contributed by atoms with Gasteiger partial charge in [0.05, 0.1) is 25.1 Å². The molecule has 0 aromatic heterocycles. The monoisotopic (exact) mass is 368 g/mol. The highest BCUT2D eigenvalue weighted by molar-refractivity contribution is 7.89. The van der Waals surface area contributed by atoms with E-state index in [0.29, 0.717) is 13.2 Å². The van der Waals surface area contributed by atoms with Crippen LogP contribution in [0.15, 0.2) is 24.3 Å². The number of para-hydroxylation sites is 1. The minimum absolute atomic E-state index is 0.0395. The Morgan fingerprint density at radius 2 is 2.12 bits per heavy atom. The third-order valence-electron chi connectivity index (χ3n) is 5.22. The van der Waals surface area contributed by atoms with Crippen LogP contribution in [-0.4, -0.2) is 58.0 Å². The molecule has 2 aliphatic heterocycles. The van der Waals surface area contributed by atoms with E-state index < -0.39 is 10.0 Å². The van der Waals surface area contributed by atoms with Gasteiger partial charge in [0.2, 0.25) is 10.0 Å². The number of hydrogen-bond donors (Lipinski definition) is 1.